The number of carbonyl (C=O) groups excluding carboxylic acids is 2. The number of rotatable bonds is 4. The Bertz CT molecular complexity index is 1240. The van der Waals surface area contributed by atoms with Crippen molar-refractivity contribution >= 4 is 51.7 Å². The number of carbonyl (C=O) groups is 2. The largest absolute Gasteiger partial charge is 0.464 e. The molecule has 8 nitrogen and oxygen atoms in total. The van der Waals surface area contributed by atoms with Crippen molar-refractivity contribution in [1.82, 2.24) is 15.3 Å². The van der Waals surface area contributed by atoms with E-state index in [-0.39, 0.29) is 33.2 Å². The summed E-state index contributed by atoms with van der Waals surface area (Å²) in [5.74, 6) is -0.892. The summed E-state index contributed by atoms with van der Waals surface area (Å²) in [6.07, 6.45) is 1.38. The van der Waals surface area contributed by atoms with Crippen LogP contribution in [0.3, 0.4) is 0 Å². The van der Waals surface area contributed by atoms with E-state index in [1.165, 1.54) is 7.11 Å². The molecule has 0 saturated carbocycles. The van der Waals surface area contributed by atoms with Gasteiger partial charge in [0.25, 0.3) is 5.91 Å². The molecule has 1 saturated heterocycles. The molecule has 0 atom stereocenters. The third-order valence-electron chi connectivity index (χ3n) is 5.48. The van der Waals surface area contributed by atoms with E-state index in [2.05, 4.69) is 20.2 Å². The molecule has 3 heterocycles. The lowest BCUT2D eigenvalue weighted by molar-refractivity contribution is 0.0594. The molecule has 1 amide bonds. The highest BCUT2D eigenvalue weighted by Crippen LogP contribution is 2.31. The third-order valence-corrected chi connectivity index (χ3v) is 6.33. The molecule has 1 fully saturated rings. The first-order chi connectivity index (χ1) is 15.4. The van der Waals surface area contributed by atoms with Crippen LogP contribution < -0.4 is 10.2 Å². The van der Waals surface area contributed by atoms with Crippen LogP contribution in [0.2, 0.25) is 10.0 Å². The van der Waals surface area contributed by atoms with Gasteiger partial charge in [-0.15, -0.1) is 0 Å². The van der Waals surface area contributed by atoms with Gasteiger partial charge in [0.1, 0.15) is 17.5 Å². The van der Waals surface area contributed by atoms with Gasteiger partial charge in [0, 0.05) is 30.2 Å². The number of anilines is 1. The number of aromatic amines is 1. The highest BCUT2D eigenvalue weighted by atomic mass is 35.5. The van der Waals surface area contributed by atoms with Crippen LogP contribution in [-0.2, 0) is 4.74 Å². The zero-order valence-corrected chi connectivity index (χ0v) is 18.6. The zero-order chi connectivity index (χ0) is 22.8. The molecule has 3 aromatic rings. The van der Waals surface area contributed by atoms with Gasteiger partial charge in [-0.2, -0.15) is 5.26 Å². The van der Waals surface area contributed by atoms with Gasteiger partial charge < -0.3 is 19.9 Å². The number of methoxy groups -OCH3 is 1. The molecule has 10 heteroatoms. The highest BCUT2D eigenvalue weighted by molar-refractivity contribution is 6.44. The molecule has 0 radical (unpaired) electrons. The van der Waals surface area contributed by atoms with Gasteiger partial charge >= 0.3 is 5.97 Å². The Hall–Kier alpha value is -3.28. The van der Waals surface area contributed by atoms with E-state index in [0.717, 1.165) is 11.1 Å². The maximum atomic E-state index is 12.6. The number of pyridine rings is 1. The number of hydrogen-bond donors (Lipinski definition) is 2. The molecule has 4 rings (SSSR count). The number of hydrogen-bond acceptors (Lipinski definition) is 6. The van der Waals surface area contributed by atoms with Crippen molar-refractivity contribution in [2.45, 2.75) is 18.9 Å². The van der Waals surface area contributed by atoms with Gasteiger partial charge in [-0.05, 0) is 25.0 Å². The van der Waals surface area contributed by atoms with Gasteiger partial charge in [-0.25, -0.2) is 9.78 Å². The first-order valence-corrected chi connectivity index (χ1v) is 10.7. The number of aromatic nitrogens is 2. The number of amides is 1. The fourth-order valence-corrected chi connectivity index (χ4v) is 4.25. The number of fused-ring (bicyclic) bond motifs is 1. The lowest BCUT2D eigenvalue weighted by atomic mass is 10.0. The smallest absolute Gasteiger partial charge is 0.356 e. The van der Waals surface area contributed by atoms with Gasteiger partial charge in [0.2, 0.25) is 0 Å². The Morgan fingerprint density at radius 2 is 1.97 bits per heavy atom. The summed E-state index contributed by atoms with van der Waals surface area (Å²) in [6.45, 7) is 1.34. The predicted molar refractivity (Wildman–Crippen MR) is 121 cm³/mol. The van der Waals surface area contributed by atoms with Crippen LogP contribution in [0.4, 0.5) is 5.69 Å². The normalized spacial score (nSPS) is 14.2. The van der Waals surface area contributed by atoms with Gasteiger partial charge in [-0.1, -0.05) is 41.4 Å². The number of benzene rings is 1. The zero-order valence-electron chi connectivity index (χ0n) is 17.1. The molecular weight excluding hydrogens is 453 g/mol. The van der Waals surface area contributed by atoms with E-state index in [0.29, 0.717) is 31.4 Å². The maximum absolute atomic E-state index is 12.6. The topological polar surface area (TPSA) is 111 Å². The van der Waals surface area contributed by atoms with Crippen molar-refractivity contribution in [2.75, 3.05) is 25.1 Å². The summed E-state index contributed by atoms with van der Waals surface area (Å²) < 4.78 is 4.85. The van der Waals surface area contributed by atoms with E-state index >= 15 is 0 Å². The molecule has 0 spiro atoms. The summed E-state index contributed by atoms with van der Waals surface area (Å²) >= 11 is 12.1. The van der Waals surface area contributed by atoms with Crippen LogP contribution in [0, 0.1) is 11.3 Å². The molecule has 32 heavy (non-hydrogen) atoms. The van der Waals surface area contributed by atoms with E-state index < -0.39 is 11.9 Å². The number of esters is 1. The molecule has 2 aromatic heterocycles. The van der Waals surface area contributed by atoms with E-state index in [9.17, 15) is 9.59 Å². The molecule has 1 aliphatic rings. The van der Waals surface area contributed by atoms with Crippen LogP contribution in [0.5, 0.6) is 0 Å². The Morgan fingerprint density at radius 1 is 1.25 bits per heavy atom. The van der Waals surface area contributed by atoms with Crippen LogP contribution >= 0.6 is 23.2 Å². The number of H-pyrrole nitrogens is 1. The van der Waals surface area contributed by atoms with Crippen molar-refractivity contribution in [3.63, 3.8) is 0 Å². The molecule has 0 aliphatic carbocycles. The Labute approximate surface area is 194 Å². The minimum absolute atomic E-state index is 0.0387. The SMILES string of the molecule is COC(=O)c1cc(N2CCC(NC(=O)c3[nH]c(C#N)c(Cl)c3Cl)CC2)c2ccccc2n1. The Kier molecular flexibility index (Phi) is 6.21. The second kappa shape index (κ2) is 9.07. The summed E-state index contributed by atoms with van der Waals surface area (Å²) in [5.41, 5.74) is 2.01. The average Bonchev–Trinajstić information content (AvgIpc) is 3.12. The molecular formula is C22H19Cl2N5O3. The maximum Gasteiger partial charge on any atom is 0.356 e. The number of halogens is 2. The fraction of sp³-hybridized carbons (Fsp3) is 0.273. The average molecular weight is 472 g/mol. The number of ether oxygens (including phenoxy) is 1. The van der Waals surface area contributed by atoms with Crippen molar-refractivity contribution in [1.29, 1.82) is 5.26 Å². The second-order valence-electron chi connectivity index (χ2n) is 7.38. The molecule has 0 unspecified atom stereocenters. The Morgan fingerprint density at radius 3 is 2.62 bits per heavy atom. The molecule has 0 bridgehead atoms. The van der Waals surface area contributed by atoms with Crippen molar-refractivity contribution in [3.05, 3.63) is 57.5 Å². The van der Waals surface area contributed by atoms with Gasteiger partial charge in [-0.3, -0.25) is 4.79 Å². The highest BCUT2D eigenvalue weighted by Gasteiger charge is 2.26. The van der Waals surface area contributed by atoms with Crippen LogP contribution in [0.15, 0.2) is 30.3 Å². The van der Waals surface area contributed by atoms with Crippen molar-refractivity contribution < 1.29 is 14.3 Å². The van der Waals surface area contributed by atoms with E-state index in [1.54, 1.807) is 6.07 Å². The van der Waals surface area contributed by atoms with Crippen LogP contribution in [0.25, 0.3) is 10.9 Å². The monoisotopic (exact) mass is 471 g/mol. The molecule has 164 valence electrons. The number of nitrogens with one attached hydrogen (secondary N) is 2. The van der Waals surface area contributed by atoms with Gasteiger partial charge in [0.15, 0.2) is 5.69 Å². The van der Waals surface area contributed by atoms with Crippen LogP contribution in [-0.4, -0.2) is 48.1 Å². The van der Waals surface area contributed by atoms with Crippen LogP contribution in [0.1, 0.15) is 39.5 Å². The minimum atomic E-state index is -0.489. The first-order valence-electron chi connectivity index (χ1n) is 9.94. The predicted octanol–water partition coefficient (Wildman–Crippen LogP) is 3.93. The lowest BCUT2D eigenvalue weighted by Crippen LogP contribution is -2.45. The fourth-order valence-electron chi connectivity index (χ4n) is 3.84. The summed E-state index contributed by atoms with van der Waals surface area (Å²) in [5, 5.41) is 13.0. The van der Waals surface area contributed by atoms with E-state index in [4.69, 9.17) is 33.2 Å². The summed E-state index contributed by atoms with van der Waals surface area (Å²) in [4.78, 5) is 34.0. The molecule has 1 aromatic carbocycles. The van der Waals surface area contributed by atoms with Crippen molar-refractivity contribution in [2.24, 2.45) is 0 Å². The number of para-hydroxylation sites is 1. The van der Waals surface area contributed by atoms with Gasteiger partial charge in [0.05, 0.1) is 22.7 Å². The number of piperidine rings is 1. The molecule has 2 N–H and O–H groups in total. The summed E-state index contributed by atoms with van der Waals surface area (Å²) in [6, 6.07) is 11.2. The standard InChI is InChI=1S/C22H19Cl2N5O3/c1-32-22(31)15-10-17(13-4-2-3-5-14(13)27-15)29-8-6-12(7-9-29)26-21(30)20-19(24)18(23)16(11-25)28-20/h2-5,10,12,28H,6-9H2,1H3,(H,26,30). The van der Waals surface area contributed by atoms with Crippen molar-refractivity contribution in [3.8, 4) is 6.07 Å². The molecule has 1 aliphatic heterocycles. The first kappa shape index (κ1) is 21.9. The minimum Gasteiger partial charge on any atom is -0.464 e. The number of nitriles is 1. The Balaban J connectivity index is 1.50. The van der Waals surface area contributed by atoms with E-state index in [1.807, 2.05) is 30.3 Å². The quantitative estimate of drug-likeness (QED) is 0.557. The number of nitrogens with zero attached hydrogens (tertiary/aromatic N) is 3. The second-order valence-corrected chi connectivity index (χ2v) is 8.14. The summed E-state index contributed by atoms with van der Waals surface area (Å²) in [7, 11) is 1.33. The third kappa shape index (κ3) is 4.09. The lowest BCUT2D eigenvalue weighted by Gasteiger charge is -2.34.